The number of carbonyl (C=O) groups excluding carboxylic acids is 1. The van der Waals surface area contributed by atoms with E-state index in [0.717, 1.165) is 31.8 Å². The van der Waals surface area contributed by atoms with Crippen LogP contribution in [0.5, 0.6) is 0 Å². The van der Waals surface area contributed by atoms with Crippen molar-refractivity contribution in [2.45, 2.75) is 13.3 Å². The second kappa shape index (κ2) is 5.34. The van der Waals surface area contributed by atoms with Gasteiger partial charge < -0.3 is 9.73 Å². The van der Waals surface area contributed by atoms with E-state index in [1.165, 1.54) is 17.9 Å². The number of hydrogen-bond donors (Lipinski definition) is 1. The van der Waals surface area contributed by atoms with Crippen molar-refractivity contribution < 1.29 is 9.21 Å². The minimum atomic E-state index is -0.0859. The molecule has 7 heteroatoms. The molecule has 0 aliphatic rings. The number of halogens is 1. The van der Waals surface area contributed by atoms with Crippen molar-refractivity contribution in [3.05, 3.63) is 40.3 Å². The summed E-state index contributed by atoms with van der Waals surface area (Å²) in [4.78, 5) is 16.1. The Morgan fingerprint density at radius 2 is 2.35 bits per heavy atom. The number of rotatable bonds is 3. The highest BCUT2D eigenvalue weighted by Gasteiger charge is 2.12. The molecule has 0 saturated heterocycles. The Bertz CT molecular complexity index is 781. The van der Waals surface area contributed by atoms with Gasteiger partial charge in [0.05, 0.1) is 16.6 Å². The molecule has 0 unspecified atom stereocenters. The zero-order valence-corrected chi connectivity index (χ0v) is 12.9. The fourth-order valence-electron chi connectivity index (χ4n) is 1.81. The van der Waals surface area contributed by atoms with Crippen molar-refractivity contribution in [3.8, 4) is 0 Å². The number of nitrogens with one attached hydrogen (secondary N) is 1. The molecule has 0 fully saturated rings. The lowest BCUT2D eigenvalue weighted by molar-refractivity contribution is -0.115. The average molecular weight is 352 g/mol. The van der Waals surface area contributed by atoms with Crippen molar-refractivity contribution in [1.29, 1.82) is 0 Å². The predicted molar refractivity (Wildman–Crippen MR) is 80.9 cm³/mol. The largest absolute Gasteiger partial charge is 0.443 e. The molecule has 0 spiro atoms. The normalized spacial score (nSPS) is 10.9. The lowest BCUT2D eigenvalue weighted by Gasteiger charge is -2.03. The number of benzene rings is 1. The van der Waals surface area contributed by atoms with Crippen molar-refractivity contribution in [2.24, 2.45) is 0 Å². The Morgan fingerprint density at radius 3 is 3.10 bits per heavy atom. The van der Waals surface area contributed by atoms with E-state index in [0.29, 0.717) is 0 Å². The van der Waals surface area contributed by atoms with E-state index >= 15 is 0 Å². The minimum absolute atomic E-state index is 0.0859. The number of anilines is 1. The molecule has 1 N–H and O–H groups in total. The smallest absolute Gasteiger partial charge is 0.229 e. The summed E-state index contributed by atoms with van der Waals surface area (Å²) in [7, 11) is 0. The Hall–Kier alpha value is -1.73. The molecule has 20 heavy (non-hydrogen) atoms. The molecule has 2 heterocycles. The van der Waals surface area contributed by atoms with Crippen LogP contribution in [-0.4, -0.2) is 15.3 Å². The molecule has 0 aliphatic carbocycles. The van der Waals surface area contributed by atoms with E-state index in [2.05, 4.69) is 30.6 Å². The van der Waals surface area contributed by atoms with Crippen molar-refractivity contribution in [3.63, 3.8) is 0 Å². The lowest BCUT2D eigenvalue weighted by Crippen LogP contribution is -2.13. The molecule has 2 aromatic heterocycles. The molecule has 3 aromatic rings. The van der Waals surface area contributed by atoms with E-state index in [1.54, 1.807) is 0 Å². The van der Waals surface area contributed by atoms with E-state index in [1.807, 2.05) is 25.1 Å². The van der Waals surface area contributed by atoms with Gasteiger partial charge in [0.2, 0.25) is 5.91 Å². The van der Waals surface area contributed by atoms with E-state index in [9.17, 15) is 4.79 Å². The van der Waals surface area contributed by atoms with Gasteiger partial charge in [-0.25, -0.2) is 4.98 Å². The van der Waals surface area contributed by atoms with Crippen molar-refractivity contribution in [2.75, 3.05) is 5.32 Å². The second-order valence-corrected chi connectivity index (χ2v) is 5.86. The summed E-state index contributed by atoms with van der Waals surface area (Å²) < 4.78 is 10.2. The molecule has 0 saturated carbocycles. The number of oxazole rings is 1. The van der Waals surface area contributed by atoms with Crippen molar-refractivity contribution in [1.82, 2.24) is 9.36 Å². The summed E-state index contributed by atoms with van der Waals surface area (Å²) in [6.45, 7) is 1.88. The summed E-state index contributed by atoms with van der Waals surface area (Å²) in [6, 6.07) is 5.53. The summed E-state index contributed by atoms with van der Waals surface area (Å²) in [5, 5.41) is 3.58. The molecular weight excluding hydrogens is 342 g/mol. The fraction of sp³-hybridized carbons (Fsp3) is 0.154. The Morgan fingerprint density at radius 1 is 1.50 bits per heavy atom. The molecule has 0 radical (unpaired) electrons. The molecule has 0 aliphatic heterocycles. The van der Waals surface area contributed by atoms with Gasteiger partial charge in [-0.15, -0.1) is 0 Å². The third kappa shape index (κ3) is 2.59. The molecule has 0 atom stereocenters. The maximum absolute atomic E-state index is 12.0. The van der Waals surface area contributed by atoms with Crippen LogP contribution in [0.4, 0.5) is 5.00 Å². The van der Waals surface area contributed by atoms with Gasteiger partial charge >= 0.3 is 0 Å². The van der Waals surface area contributed by atoms with E-state index in [4.69, 9.17) is 4.42 Å². The average Bonchev–Trinajstić information content (AvgIpc) is 3.00. The topological polar surface area (TPSA) is 68.0 Å². The Kier molecular flexibility index (Phi) is 3.54. The lowest BCUT2D eigenvalue weighted by atomic mass is 10.1. The molecular formula is C13H10BrN3O2S. The zero-order chi connectivity index (χ0) is 14.1. The van der Waals surface area contributed by atoms with Gasteiger partial charge in [0, 0.05) is 0 Å². The van der Waals surface area contributed by atoms with E-state index < -0.39 is 0 Å². The molecule has 0 bridgehead atoms. The SMILES string of the molecule is Cc1nsc(NC(=O)Cc2ccc3ocnc3c2)c1Br. The van der Waals surface area contributed by atoms with Gasteiger partial charge in [0.15, 0.2) is 12.0 Å². The van der Waals surface area contributed by atoms with Gasteiger partial charge in [0.1, 0.15) is 10.5 Å². The number of amides is 1. The van der Waals surface area contributed by atoms with Gasteiger partial charge in [-0.3, -0.25) is 4.79 Å². The van der Waals surface area contributed by atoms with Gasteiger partial charge in [-0.1, -0.05) is 6.07 Å². The van der Waals surface area contributed by atoms with Crippen LogP contribution < -0.4 is 5.32 Å². The standard InChI is InChI=1S/C13H10BrN3O2S/c1-7-12(14)13(20-17-7)16-11(18)5-8-2-3-10-9(4-8)15-6-19-10/h2-4,6H,5H2,1H3,(H,16,18). The van der Waals surface area contributed by atoms with Crippen LogP contribution in [0.2, 0.25) is 0 Å². The zero-order valence-electron chi connectivity index (χ0n) is 10.5. The third-order valence-corrected chi connectivity index (χ3v) is 4.89. The first-order valence-electron chi connectivity index (χ1n) is 5.87. The third-order valence-electron chi connectivity index (χ3n) is 2.80. The molecule has 3 rings (SSSR count). The Balaban J connectivity index is 1.73. The summed E-state index contributed by atoms with van der Waals surface area (Å²) in [5.41, 5.74) is 3.23. The highest BCUT2D eigenvalue weighted by Crippen LogP contribution is 2.30. The Labute approximate surface area is 127 Å². The highest BCUT2D eigenvalue weighted by atomic mass is 79.9. The number of fused-ring (bicyclic) bond motifs is 1. The monoisotopic (exact) mass is 351 g/mol. The number of aromatic nitrogens is 2. The second-order valence-electron chi connectivity index (χ2n) is 4.29. The molecule has 1 aromatic carbocycles. The summed E-state index contributed by atoms with van der Waals surface area (Å²) in [6.07, 6.45) is 1.68. The number of nitrogens with zero attached hydrogens (tertiary/aromatic N) is 2. The first kappa shape index (κ1) is 13.3. The van der Waals surface area contributed by atoms with Crippen molar-refractivity contribution >= 4 is 49.5 Å². The molecule has 5 nitrogen and oxygen atoms in total. The number of carbonyl (C=O) groups is 1. The summed E-state index contributed by atoms with van der Waals surface area (Å²) in [5.74, 6) is -0.0859. The van der Waals surface area contributed by atoms with Crippen LogP contribution in [0, 0.1) is 6.92 Å². The van der Waals surface area contributed by atoms with Crippen LogP contribution in [0.15, 0.2) is 33.5 Å². The van der Waals surface area contributed by atoms with Crippen LogP contribution in [-0.2, 0) is 11.2 Å². The minimum Gasteiger partial charge on any atom is -0.443 e. The van der Waals surface area contributed by atoms with Crippen LogP contribution >= 0.6 is 27.5 Å². The fourth-order valence-corrected chi connectivity index (χ4v) is 3.04. The van der Waals surface area contributed by atoms with Gasteiger partial charge in [-0.2, -0.15) is 4.37 Å². The van der Waals surface area contributed by atoms with E-state index in [-0.39, 0.29) is 12.3 Å². The van der Waals surface area contributed by atoms with Crippen LogP contribution in [0.1, 0.15) is 11.3 Å². The van der Waals surface area contributed by atoms with Gasteiger partial charge in [-0.05, 0) is 52.1 Å². The maximum atomic E-state index is 12.0. The molecule has 1 amide bonds. The quantitative estimate of drug-likeness (QED) is 0.783. The first-order chi connectivity index (χ1) is 9.63. The number of hydrogen-bond acceptors (Lipinski definition) is 5. The van der Waals surface area contributed by atoms with Crippen LogP contribution in [0.3, 0.4) is 0 Å². The molecule has 102 valence electrons. The predicted octanol–water partition coefficient (Wildman–Crippen LogP) is 3.54. The first-order valence-corrected chi connectivity index (χ1v) is 7.44. The number of aryl methyl sites for hydroxylation is 1. The maximum Gasteiger partial charge on any atom is 0.229 e. The summed E-state index contributed by atoms with van der Waals surface area (Å²) >= 11 is 4.67. The highest BCUT2D eigenvalue weighted by molar-refractivity contribution is 9.10. The van der Waals surface area contributed by atoms with Gasteiger partial charge in [0.25, 0.3) is 0 Å². The van der Waals surface area contributed by atoms with Crippen LogP contribution in [0.25, 0.3) is 11.1 Å².